The second kappa shape index (κ2) is 7.86. The molecule has 8 nitrogen and oxygen atoms in total. The number of amides is 1. The summed E-state index contributed by atoms with van der Waals surface area (Å²) in [6.45, 7) is 1.91. The van der Waals surface area contributed by atoms with E-state index in [0.29, 0.717) is 28.2 Å². The molecule has 0 unspecified atom stereocenters. The number of hydrogen-bond acceptors (Lipinski definition) is 8. The molecule has 0 aliphatic heterocycles. The Bertz CT molecular complexity index is 1400. The topological polar surface area (TPSA) is 103 Å². The second-order valence-corrected chi connectivity index (χ2v) is 9.30. The molecular formula is C21H18N4O4S2. The zero-order chi connectivity index (χ0) is 21.5. The number of hydrogen-bond donors (Lipinski definition) is 1. The highest BCUT2D eigenvalue weighted by Crippen LogP contribution is 2.34. The van der Waals surface area contributed by atoms with Gasteiger partial charge < -0.3 is 10.1 Å². The molecule has 0 fully saturated rings. The number of nitrogens with one attached hydrogen (secondary N) is 1. The van der Waals surface area contributed by atoms with Crippen molar-refractivity contribution in [3.05, 3.63) is 50.9 Å². The fraction of sp³-hybridized carbons (Fsp3) is 0.286. The Kier molecular flexibility index (Phi) is 5.03. The number of aryl methyl sites for hydroxylation is 2. The predicted molar refractivity (Wildman–Crippen MR) is 120 cm³/mol. The summed E-state index contributed by atoms with van der Waals surface area (Å²) in [5.41, 5.74) is 2.02. The van der Waals surface area contributed by atoms with Gasteiger partial charge in [0.1, 0.15) is 11.4 Å². The highest BCUT2D eigenvalue weighted by Gasteiger charge is 2.22. The minimum Gasteiger partial charge on any atom is -0.462 e. The van der Waals surface area contributed by atoms with Crippen molar-refractivity contribution in [1.82, 2.24) is 14.5 Å². The van der Waals surface area contributed by atoms with Crippen LogP contribution in [0.2, 0.25) is 0 Å². The quantitative estimate of drug-likeness (QED) is 0.464. The third-order valence-electron chi connectivity index (χ3n) is 5.15. The lowest BCUT2D eigenvalue weighted by Crippen LogP contribution is -2.27. The predicted octanol–water partition coefficient (Wildman–Crippen LogP) is 3.37. The first-order valence-corrected chi connectivity index (χ1v) is 11.5. The van der Waals surface area contributed by atoms with Crippen molar-refractivity contribution in [1.29, 1.82) is 0 Å². The molecule has 5 rings (SSSR count). The number of thiophene rings is 1. The number of nitrogens with zero attached hydrogens (tertiary/aromatic N) is 3. The van der Waals surface area contributed by atoms with Gasteiger partial charge in [0.25, 0.3) is 5.56 Å². The van der Waals surface area contributed by atoms with Crippen LogP contribution in [0, 0.1) is 0 Å². The summed E-state index contributed by atoms with van der Waals surface area (Å²) < 4.78 is 7.12. The van der Waals surface area contributed by atoms with Crippen molar-refractivity contribution >= 4 is 60.1 Å². The largest absolute Gasteiger partial charge is 0.462 e. The van der Waals surface area contributed by atoms with E-state index in [9.17, 15) is 14.4 Å². The Labute approximate surface area is 184 Å². The van der Waals surface area contributed by atoms with Crippen LogP contribution in [0.5, 0.6) is 0 Å². The van der Waals surface area contributed by atoms with E-state index in [4.69, 9.17) is 4.74 Å². The summed E-state index contributed by atoms with van der Waals surface area (Å²) in [5, 5.41) is 3.80. The van der Waals surface area contributed by atoms with Crippen LogP contribution >= 0.6 is 22.7 Å². The normalized spacial score (nSPS) is 12.9. The number of thiazole rings is 1. The molecule has 0 saturated carbocycles. The molecule has 1 aliphatic rings. The van der Waals surface area contributed by atoms with Crippen molar-refractivity contribution < 1.29 is 14.3 Å². The van der Waals surface area contributed by atoms with Gasteiger partial charge in [0, 0.05) is 4.88 Å². The highest BCUT2D eigenvalue weighted by atomic mass is 32.1. The maximum Gasteiger partial charge on any atom is 0.338 e. The summed E-state index contributed by atoms with van der Waals surface area (Å²) in [6.07, 6.45) is 4.37. The first kappa shape index (κ1) is 19.8. The van der Waals surface area contributed by atoms with E-state index in [1.165, 1.54) is 27.1 Å². The maximum absolute atomic E-state index is 12.9. The van der Waals surface area contributed by atoms with E-state index in [2.05, 4.69) is 15.3 Å². The van der Waals surface area contributed by atoms with Gasteiger partial charge in [-0.3, -0.25) is 14.2 Å². The van der Waals surface area contributed by atoms with Gasteiger partial charge in [-0.2, -0.15) is 0 Å². The molecule has 158 valence electrons. The summed E-state index contributed by atoms with van der Waals surface area (Å²) in [4.78, 5) is 48.2. The van der Waals surface area contributed by atoms with Gasteiger partial charge in [0.2, 0.25) is 5.91 Å². The Hall–Kier alpha value is -3.11. The molecule has 4 aromatic rings. The van der Waals surface area contributed by atoms with Gasteiger partial charge in [0.15, 0.2) is 5.13 Å². The van der Waals surface area contributed by atoms with Crippen LogP contribution < -0.4 is 10.9 Å². The van der Waals surface area contributed by atoms with E-state index < -0.39 is 5.97 Å². The number of benzene rings is 1. The molecule has 31 heavy (non-hydrogen) atoms. The van der Waals surface area contributed by atoms with Crippen molar-refractivity contribution in [3.8, 4) is 0 Å². The van der Waals surface area contributed by atoms with E-state index in [1.807, 2.05) is 0 Å². The lowest BCUT2D eigenvalue weighted by molar-refractivity contribution is -0.116. The zero-order valence-corrected chi connectivity index (χ0v) is 18.3. The molecule has 1 aromatic carbocycles. The minimum atomic E-state index is -0.398. The number of ether oxygens (including phenoxy) is 1. The number of anilines is 1. The lowest BCUT2D eigenvalue weighted by Gasteiger charge is -2.05. The van der Waals surface area contributed by atoms with Crippen molar-refractivity contribution in [3.63, 3.8) is 0 Å². The van der Waals surface area contributed by atoms with E-state index in [1.54, 1.807) is 36.5 Å². The average Bonchev–Trinajstić information content (AvgIpc) is 3.43. The number of esters is 1. The fourth-order valence-electron chi connectivity index (χ4n) is 3.77. The van der Waals surface area contributed by atoms with Crippen LogP contribution in [-0.4, -0.2) is 33.0 Å². The number of aromatic nitrogens is 3. The average molecular weight is 455 g/mol. The maximum atomic E-state index is 12.9. The summed E-state index contributed by atoms with van der Waals surface area (Å²) in [6, 6.07) is 5.05. The van der Waals surface area contributed by atoms with Crippen molar-refractivity contribution in [2.24, 2.45) is 0 Å². The molecule has 1 N–H and O–H groups in total. The van der Waals surface area contributed by atoms with E-state index in [-0.39, 0.29) is 18.0 Å². The Morgan fingerprint density at radius 1 is 1.26 bits per heavy atom. The van der Waals surface area contributed by atoms with Gasteiger partial charge in [-0.1, -0.05) is 11.3 Å². The van der Waals surface area contributed by atoms with Crippen LogP contribution in [0.25, 0.3) is 20.4 Å². The van der Waals surface area contributed by atoms with Crippen LogP contribution in [0.3, 0.4) is 0 Å². The third kappa shape index (κ3) is 3.61. The van der Waals surface area contributed by atoms with Crippen LogP contribution in [-0.2, 0) is 28.9 Å². The molecule has 1 aliphatic carbocycles. The Morgan fingerprint density at radius 3 is 2.97 bits per heavy atom. The molecule has 3 aromatic heterocycles. The Balaban J connectivity index is 1.36. The van der Waals surface area contributed by atoms with Gasteiger partial charge in [0.05, 0.1) is 34.1 Å². The molecular weight excluding hydrogens is 436 g/mol. The molecule has 0 bridgehead atoms. The van der Waals surface area contributed by atoms with Crippen molar-refractivity contribution in [2.45, 2.75) is 32.7 Å². The second-order valence-electron chi connectivity index (χ2n) is 7.19. The van der Waals surface area contributed by atoms with Crippen molar-refractivity contribution in [2.75, 3.05) is 11.9 Å². The van der Waals surface area contributed by atoms with Gasteiger partial charge >= 0.3 is 5.97 Å². The molecule has 10 heteroatoms. The first-order chi connectivity index (χ1) is 15.0. The minimum absolute atomic E-state index is 0.142. The molecule has 0 saturated heterocycles. The Morgan fingerprint density at radius 2 is 2.13 bits per heavy atom. The number of rotatable bonds is 5. The number of fused-ring (bicyclic) bond motifs is 4. The van der Waals surface area contributed by atoms with Gasteiger partial charge in [-0.05, 0) is 49.9 Å². The molecule has 0 atom stereocenters. The molecule has 0 spiro atoms. The molecule has 1 amide bonds. The monoisotopic (exact) mass is 454 g/mol. The van der Waals surface area contributed by atoms with Gasteiger partial charge in [-0.15, -0.1) is 11.3 Å². The smallest absolute Gasteiger partial charge is 0.338 e. The fourth-order valence-corrected chi connectivity index (χ4v) is 5.91. The summed E-state index contributed by atoms with van der Waals surface area (Å²) in [5.74, 6) is -0.759. The number of carbonyl (C=O) groups is 2. The summed E-state index contributed by atoms with van der Waals surface area (Å²) >= 11 is 2.83. The van der Waals surface area contributed by atoms with Crippen LogP contribution in [0.4, 0.5) is 5.13 Å². The molecule has 0 radical (unpaired) electrons. The van der Waals surface area contributed by atoms with Crippen LogP contribution in [0.1, 0.15) is 34.1 Å². The van der Waals surface area contributed by atoms with E-state index in [0.717, 1.165) is 34.4 Å². The number of carbonyl (C=O) groups excluding carboxylic acids is 2. The van der Waals surface area contributed by atoms with Crippen LogP contribution in [0.15, 0.2) is 29.3 Å². The zero-order valence-electron chi connectivity index (χ0n) is 16.6. The summed E-state index contributed by atoms with van der Waals surface area (Å²) in [7, 11) is 0. The van der Waals surface area contributed by atoms with E-state index >= 15 is 0 Å². The highest BCUT2D eigenvalue weighted by molar-refractivity contribution is 7.22. The molecule has 3 heterocycles. The standard InChI is InChI=1S/C21H18N4O4S2/c1-2-29-20(28)11-6-7-13-15(8-11)31-21(23-13)24-16(26)9-25-10-22-18-17(19(25)27)12-4-3-5-14(12)30-18/h6-8,10H,2-5,9H2,1H3,(H,23,24,26). The SMILES string of the molecule is CCOC(=O)c1ccc2nc(NC(=O)Cn3cnc4sc5c(c4c3=O)CCC5)sc2c1. The third-order valence-corrected chi connectivity index (χ3v) is 7.29. The first-order valence-electron chi connectivity index (χ1n) is 9.90. The van der Waals surface area contributed by atoms with Gasteiger partial charge in [-0.25, -0.2) is 14.8 Å². The lowest BCUT2D eigenvalue weighted by atomic mass is 10.2.